The Hall–Kier alpha value is -3.36. The Kier molecular flexibility index (Phi) is 5.90. The van der Waals surface area contributed by atoms with Gasteiger partial charge < -0.3 is 15.0 Å². The van der Waals surface area contributed by atoms with Gasteiger partial charge in [0, 0.05) is 34.4 Å². The van der Waals surface area contributed by atoms with E-state index < -0.39 is 16.1 Å². The molecule has 0 unspecified atom stereocenters. The average Bonchev–Trinajstić information content (AvgIpc) is 3.06. The summed E-state index contributed by atoms with van der Waals surface area (Å²) in [6, 6.07) is 22.4. The topological polar surface area (TPSA) is 91.6 Å². The van der Waals surface area contributed by atoms with Crippen LogP contribution in [0.3, 0.4) is 0 Å². The number of para-hydroxylation sites is 2. The first-order chi connectivity index (χ1) is 15.2. The molecule has 166 valence electrons. The summed E-state index contributed by atoms with van der Waals surface area (Å²) >= 11 is 0. The molecule has 0 bridgehead atoms. The van der Waals surface area contributed by atoms with E-state index in [1.54, 1.807) is 24.3 Å². The Morgan fingerprint density at radius 3 is 2.00 bits per heavy atom. The highest BCUT2D eigenvalue weighted by Gasteiger charge is 2.22. The fourth-order valence-corrected chi connectivity index (χ4v) is 4.95. The van der Waals surface area contributed by atoms with Gasteiger partial charge in [-0.2, -0.15) is 0 Å². The zero-order chi connectivity index (χ0) is 22.9. The molecular formula is C24H25N3O4S. The van der Waals surface area contributed by atoms with Gasteiger partial charge in [0.1, 0.15) is 0 Å². The lowest BCUT2D eigenvalue weighted by atomic mass is 10.2. The highest BCUT2D eigenvalue weighted by molar-refractivity contribution is 7.92. The second-order valence-electron chi connectivity index (χ2n) is 7.82. The molecule has 4 aromatic rings. The van der Waals surface area contributed by atoms with Crippen molar-refractivity contribution in [2.45, 2.75) is 19.6 Å². The Balaban J connectivity index is 1.63. The number of nitrogens with zero attached hydrogens (tertiary/aromatic N) is 2. The molecule has 0 saturated heterocycles. The fraction of sp³-hybridized carbons (Fsp3) is 0.208. The van der Waals surface area contributed by atoms with Crippen molar-refractivity contribution in [3.63, 3.8) is 0 Å². The Labute approximate surface area is 186 Å². The van der Waals surface area contributed by atoms with Crippen LogP contribution in [0.25, 0.3) is 21.8 Å². The Bertz CT molecular complexity index is 1320. The molecule has 0 aliphatic heterocycles. The second kappa shape index (κ2) is 8.64. The monoisotopic (exact) mass is 451 g/mol. The van der Waals surface area contributed by atoms with Crippen LogP contribution in [0.4, 0.5) is 11.4 Å². The normalized spacial score (nSPS) is 12.7. The number of aromatic nitrogens is 1. The summed E-state index contributed by atoms with van der Waals surface area (Å²) in [6.45, 7) is 1.55. The molecule has 4 rings (SSSR count). The summed E-state index contributed by atoms with van der Waals surface area (Å²) in [5.74, 6) is -0.209. The first-order valence-electron chi connectivity index (χ1n) is 10.2. The van der Waals surface area contributed by atoms with Gasteiger partial charge in [0.15, 0.2) is 0 Å². The molecule has 0 spiro atoms. The number of anilines is 2. The third-order valence-electron chi connectivity index (χ3n) is 5.33. The van der Waals surface area contributed by atoms with Crippen molar-refractivity contribution in [2.24, 2.45) is 0 Å². The molecule has 7 nitrogen and oxygen atoms in total. The van der Waals surface area contributed by atoms with E-state index in [-0.39, 0.29) is 19.0 Å². The van der Waals surface area contributed by atoms with Crippen LogP contribution >= 0.6 is 0 Å². The number of aliphatic hydroxyl groups is 1. The van der Waals surface area contributed by atoms with Gasteiger partial charge in [0.25, 0.3) is 0 Å². The van der Waals surface area contributed by atoms with E-state index in [2.05, 4.69) is 5.32 Å². The third-order valence-corrected chi connectivity index (χ3v) is 6.49. The van der Waals surface area contributed by atoms with Crippen molar-refractivity contribution in [1.29, 1.82) is 0 Å². The van der Waals surface area contributed by atoms with Gasteiger partial charge in [0.05, 0.1) is 31.1 Å². The maximum Gasteiger partial charge on any atom is 0.232 e. The van der Waals surface area contributed by atoms with Gasteiger partial charge in [-0.05, 0) is 36.4 Å². The zero-order valence-electron chi connectivity index (χ0n) is 17.9. The molecule has 1 amide bonds. The Morgan fingerprint density at radius 2 is 1.50 bits per heavy atom. The lowest BCUT2D eigenvalue weighted by Gasteiger charge is -2.26. The van der Waals surface area contributed by atoms with Gasteiger partial charge in [-0.3, -0.25) is 9.10 Å². The van der Waals surface area contributed by atoms with E-state index >= 15 is 0 Å². The molecule has 0 fully saturated rings. The van der Waals surface area contributed by atoms with Crippen LogP contribution in [0.1, 0.15) is 6.92 Å². The van der Waals surface area contributed by atoms with Crippen LogP contribution in [-0.2, 0) is 21.4 Å². The lowest BCUT2D eigenvalue weighted by Crippen LogP contribution is -2.38. The molecule has 0 aliphatic carbocycles. The van der Waals surface area contributed by atoms with Gasteiger partial charge in [0.2, 0.25) is 15.9 Å². The molecule has 1 atom stereocenters. The molecule has 1 heterocycles. The van der Waals surface area contributed by atoms with Crippen LogP contribution in [0, 0.1) is 0 Å². The number of nitrogens with one attached hydrogen (secondary N) is 1. The lowest BCUT2D eigenvalue weighted by molar-refractivity contribution is -0.114. The summed E-state index contributed by atoms with van der Waals surface area (Å²) in [7, 11) is -3.64. The van der Waals surface area contributed by atoms with Crippen molar-refractivity contribution in [2.75, 3.05) is 22.4 Å². The number of aliphatic hydroxyl groups excluding tert-OH is 1. The van der Waals surface area contributed by atoms with E-state index in [4.69, 9.17) is 0 Å². The van der Waals surface area contributed by atoms with Crippen molar-refractivity contribution in [3.05, 3.63) is 72.8 Å². The fourth-order valence-electron chi connectivity index (χ4n) is 4.01. The van der Waals surface area contributed by atoms with E-state index in [0.29, 0.717) is 11.4 Å². The van der Waals surface area contributed by atoms with Crippen molar-refractivity contribution < 1.29 is 18.3 Å². The molecule has 3 aromatic carbocycles. The maximum absolute atomic E-state index is 12.5. The maximum atomic E-state index is 12.5. The molecule has 8 heteroatoms. The zero-order valence-corrected chi connectivity index (χ0v) is 18.7. The number of hydrogen-bond acceptors (Lipinski definition) is 4. The predicted octanol–water partition coefficient (Wildman–Crippen LogP) is 3.58. The first kappa shape index (κ1) is 21.9. The number of carbonyl (C=O) groups excluding carboxylic acids is 1. The second-order valence-corrected chi connectivity index (χ2v) is 9.73. The van der Waals surface area contributed by atoms with Crippen molar-refractivity contribution in [1.82, 2.24) is 4.57 Å². The highest BCUT2D eigenvalue weighted by atomic mass is 32.2. The van der Waals surface area contributed by atoms with Crippen LogP contribution in [0.15, 0.2) is 72.8 Å². The summed E-state index contributed by atoms with van der Waals surface area (Å²) in [4.78, 5) is 11.2. The average molecular weight is 452 g/mol. The first-order valence-corrected chi connectivity index (χ1v) is 12.1. The minimum absolute atomic E-state index is 0.0981. The van der Waals surface area contributed by atoms with Crippen molar-refractivity contribution in [3.8, 4) is 0 Å². The standard InChI is InChI=1S/C24H25N3O4S/c1-17(28)25-18-11-13-19(14-12-18)27(32(2,30)31)16-20(29)15-26-23-9-5-3-7-21(23)22-8-4-6-10-24(22)26/h3-14,20,29H,15-16H2,1-2H3,(H,25,28)/t20-/m1/s1. The van der Waals surface area contributed by atoms with Crippen LogP contribution in [-0.4, -0.2) is 42.9 Å². The minimum Gasteiger partial charge on any atom is -0.389 e. The van der Waals surface area contributed by atoms with E-state index in [9.17, 15) is 18.3 Å². The van der Waals surface area contributed by atoms with Crippen LogP contribution in [0.5, 0.6) is 0 Å². The van der Waals surface area contributed by atoms with Gasteiger partial charge in [-0.25, -0.2) is 8.42 Å². The molecule has 32 heavy (non-hydrogen) atoms. The largest absolute Gasteiger partial charge is 0.389 e. The predicted molar refractivity (Wildman–Crippen MR) is 128 cm³/mol. The number of benzene rings is 3. The van der Waals surface area contributed by atoms with Crippen LogP contribution in [0.2, 0.25) is 0 Å². The van der Waals surface area contributed by atoms with Gasteiger partial charge in [-0.1, -0.05) is 36.4 Å². The molecule has 0 saturated carbocycles. The number of amides is 1. The minimum atomic E-state index is -3.64. The molecule has 2 N–H and O–H groups in total. The third kappa shape index (κ3) is 4.46. The SMILES string of the molecule is CC(=O)Nc1ccc(N(C[C@H](O)Cn2c3ccccc3c3ccccc32)S(C)(=O)=O)cc1. The smallest absolute Gasteiger partial charge is 0.232 e. The molecule has 1 aromatic heterocycles. The molecular weight excluding hydrogens is 426 g/mol. The number of rotatable bonds is 7. The van der Waals surface area contributed by atoms with E-state index in [1.165, 1.54) is 11.2 Å². The van der Waals surface area contributed by atoms with Gasteiger partial charge in [-0.15, -0.1) is 0 Å². The summed E-state index contributed by atoms with van der Waals surface area (Å²) < 4.78 is 28.2. The number of carbonyl (C=O) groups is 1. The summed E-state index contributed by atoms with van der Waals surface area (Å²) in [6.07, 6.45) is 0.168. The number of hydrogen-bond donors (Lipinski definition) is 2. The Morgan fingerprint density at radius 1 is 0.969 bits per heavy atom. The van der Waals surface area contributed by atoms with Crippen molar-refractivity contribution >= 4 is 49.1 Å². The summed E-state index contributed by atoms with van der Waals surface area (Å²) in [5.41, 5.74) is 2.96. The van der Waals surface area contributed by atoms with Gasteiger partial charge >= 0.3 is 0 Å². The highest BCUT2D eigenvalue weighted by Crippen LogP contribution is 2.29. The molecule has 0 aliphatic rings. The quantitative estimate of drug-likeness (QED) is 0.449. The molecule has 0 radical (unpaired) electrons. The summed E-state index contributed by atoms with van der Waals surface area (Å²) in [5, 5.41) is 15.8. The number of fused-ring (bicyclic) bond motifs is 3. The van der Waals surface area contributed by atoms with E-state index in [0.717, 1.165) is 28.1 Å². The van der Waals surface area contributed by atoms with E-state index in [1.807, 2.05) is 53.1 Å². The van der Waals surface area contributed by atoms with Crippen LogP contribution < -0.4 is 9.62 Å². The number of sulfonamides is 1.